The van der Waals surface area contributed by atoms with E-state index in [0.29, 0.717) is 18.1 Å². The molecule has 0 heterocycles. The number of Topliss-reactive ketones (excluding diaryl/α,β-unsaturated/α-hetero) is 1. The second kappa shape index (κ2) is 5.28. The highest BCUT2D eigenvalue weighted by molar-refractivity contribution is 6.31. The Labute approximate surface area is 120 Å². The molecule has 3 unspecified atom stereocenters. The fourth-order valence-electron chi connectivity index (χ4n) is 4.00. The zero-order chi connectivity index (χ0) is 13.4. The lowest BCUT2D eigenvalue weighted by molar-refractivity contribution is -0.119. The standard InChI is InChI=1S/C17H21ClO/c1-11-2-4-14(17(18)6-11)9-16(19)10-15-8-12-3-5-13(15)7-12/h2,4,6,12-13,15H,3,5,7-10H2,1H3. The summed E-state index contributed by atoms with van der Waals surface area (Å²) in [6, 6.07) is 5.98. The van der Waals surface area contributed by atoms with Gasteiger partial charge in [0.05, 0.1) is 0 Å². The summed E-state index contributed by atoms with van der Waals surface area (Å²) in [4.78, 5) is 12.2. The summed E-state index contributed by atoms with van der Waals surface area (Å²) in [5.41, 5.74) is 2.13. The number of fused-ring (bicyclic) bond motifs is 2. The zero-order valence-electron chi connectivity index (χ0n) is 11.5. The second-order valence-electron chi connectivity index (χ2n) is 6.45. The molecule has 2 fully saturated rings. The SMILES string of the molecule is Cc1ccc(CC(=O)CC2CC3CCC2C3)c(Cl)c1. The third kappa shape index (κ3) is 2.86. The fraction of sp³-hybridized carbons (Fsp3) is 0.588. The van der Waals surface area contributed by atoms with Crippen molar-refractivity contribution in [1.82, 2.24) is 0 Å². The highest BCUT2D eigenvalue weighted by atomic mass is 35.5. The molecule has 0 aliphatic heterocycles. The molecule has 2 heteroatoms. The van der Waals surface area contributed by atoms with Crippen molar-refractivity contribution in [2.75, 3.05) is 0 Å². The highest BCUT2D eigenvalue weighted by Crippen LogP contribution is 2.49. The number of benzene rings is 1. The molecule has 2 bridgehead atoms. The van der Waals surface area contributed by atoms with Gasteiger partial charge in [0.1, 0.15) is 5.78 Å². The molecule has 0 N–H and O–H groups in total. The van der Waals surface area contributed by atoms with Gasteiger partial charge in [-0.3, -0.25) is 4.79 Å². The summed E-state index contributed by atoms with van der Waals surface area (Å²) in [5, 5.41) is 0.737. The van der Waals surface area contributed by atoms with Crippen LogP contribution in [0.15, 0.2) is 18.2 Å². The minimum atomic E-state index is 0.364. The number of aryl methyl sites for hydroxylation is 1. The van der Waals surface area contributed by atoms with Crippen molar-refractivity contribution in [2.45, 2.75) is 45.4 Å². The van der Waals surface area contributed by atoms with Crippen molar-refractivity contribution >= 4 is 17.4 Å². The highest BCUT2D eigenvalue weighted by Gasteiger charge is 2.39. The third-order valence-corrected chi connectivity index (χ3v) is 5.32. The molecule has 1 aromatic rings. The molecule has 1 nitrogen and oxygen atoms in total. The average Bonchev–Trinajstić information content (AvgIpc) is 2.95. The predicted molar refractivity (Wildman–Crippen MR) is 78.5 cm³/mol. The van der Waals surface area contributed by atoms with E-state index in [1.54, 1.807) is 0 Å². The van der Waals surface area contributed by atoms with Crippen molar-refractivity contribution in [3.8, 4) is 0 Å². The molecule has 0 amide bonds. The van der Waals surface area contributed by atoms with Crippen LogP contribution in [0.1, 0.15) is 43.2 Å². The Morgan fingerprint density at radius 2 is 2.16 bits per heavy atom. The van der Waals surface area contributed by atoms with E-state index in [-0.39, 0.29) is 0 Å². The molecule has 19 heavy (non-hydrogen) atoms. The van der Waals surface area contributed by atoms with E-state index in [9.17, 15) is 4.79 Å². The van der Waals surface area contributed by atoms with E-state index in [4.69, 9.17) is 11.6 Å². The van der Waals surface area contributed by atoms with Crippen LogP contribution in [-0.4, -0.2) is 5.78 Å². The van der Waals surface area contributed by atoms with Crippen LogP contribution in [0.25, 0.3) is 0 Å². The molecule has 2 aliphatic carbocycles. The van der Waals surface area contributed by atoms with E-state index in [1.807, 2.05) is 25.1 Å². The van der Waals surface area contributed by atoms with E-state index in [0.717, 1.165) is 34.4 Å². The summed E-state index contributed by atoms with van der Waals surface area (Å²) in [6.45, 7) is 2.02. The fourth-order valence-corrected chi connectivity index (χ4v) is 4.30. The van der Waals surface area contributed by atoms with Crippen LogP contribution in [0.4, 0.5) is 0 Å². The number of hydrogen-bond acceptors (Lipinski definition) is 1. The van der Waals surface area contributed by atoms with E-state index < -0.39 is 0 Å². The van der Waals surface area contributed by atoms with Crippen LogP contribution in [0.5, 0.6) is 0 Å². The first-order valence-corrected chi connectivity index (χ1v) is 7.76. The van der Waals surface area contributed by atoms with Crippen molar-refractivity contribution in [1.29, 1.82) is 0 Å². The Hall–Kier alpha value is -0.820. The first-order valence-electron chi connectivity index (χ1n) is 7.38. The van der Waals surface area contributed by atoms with Crippen LogP contribution in [0, 0.1) is 24.7 Å². The average molecular weight is 277 g/mol. The molecular formula is C17H21ClO. The number of hydrogen-bond donors (Lipinski definition) is 0. The lowest BCUT2D eigenvalue weighted by atomic mass is 9.84. The Morgan fingerprint density at radius 1 is 1.32 bits per heavy atom. The molecule has 2 aliphatic rings. The van der Waals surface area contributed by atoms with E-state index in [1.165, 1.54) is 25.7 Å². The van der Waals surface area contributed by atoms with Gasteiger partial charge in [0.25, 0.3) is 0 Å². The Kier molecular flexibility index (Phi) is 3.66. The minimum absolute atomic E-state index is 0.364. The number of ketones is 1. The molecule has 0 aromatic heterocycles. The van der Waals surface area contributed by atoms with E-state index >= 15 is 0 Å². The van der Waals surface area contributed by atoms with Crippen LogP contribution in [0.2, 0.25) is 5.02 Å². The maximum absolute atomic E-state index is 12.2. The molecular weight excluding hydrogens is 256 g/mol. The lowest BCUT2D eigenvalue weighted by Crippen LogP contribution is -2.16. The summed E-state index contributed by atoms with van der Waals surface area (Å²) in [5.74, 6) is 2.78. The summed E-state index contributed by atoms with van der Waals surface area (Å²) in [7, 11) is 0. The van der Waals surface area contributed by atoms with Gasteiger partial charge in [-0.2, -0.15) is 0 Å². The third-order valence-electron chi connectivity index (χ3n) is 4.97. The number of carbonyl (C=O) groups is 1. The molecule has 1 aromatic carbocycles. The largest absolute Gasteiger partial charge is 0.299 e. The predicted octanol–water partition coefficient (Wildman–Crippen LogP) is 4.59. The van der Waals surface area contributed by atoms with Crippen LogP contribution < -0.4 is 0 Å². The monoisotopic (exact) mass is 276 g/mol. The number of carbonyl (C=O) groups excluding carboxylic acids is 1. The molecule has 3 rings (SSSR count). The van der Waals surface area contributed by atoms with Gasteiger partial charge in [-0.05, 0) is 61.1 Å². The van der Waals surface area contributed by atoms with E-state index in [2.05, 4.69) is 0 Å². The topological polar surface area (TPSA) is 17.1 Å². The second-order valence-corrected chi connectivity index (χ2v) is 6.86. The smallest absolute Gasteiger partial charge is 0.137 e. The normalized spacial score (nSPS) is 28.8. The van der Waals surface area contributed by atoms with Gasteiger partial charge in [0.2, 0.25) is 0 Å². The molecule has 3 atom stereocenters. The van der Waals surface area contributed by atoms with Gasteiger partial charge in [-0.15, -0.1) is 0 Å². The van der Waals surface area contributed by atoms with Gasteiger partial charge in [-0.1, -0.05) is 30.2 Å². The summed E-state index contributed by atoms with van der Waals surface area (Å²) >= 11 is 6.20. The van der Waals surface area contributed by atoms with Gasteiger partial charge in [0.15, 0.2) is 0 Å². The van der Waals surface area contributed by atoms with Crippen LogP contribution in [0.3, 0.4) is 0 Å². The number of halogens is 1. The van der Waals surface area contributed by atoms with Crippen molar-refractivity contribution < 1.29 is 4.79 Å². The Morgan fingerprint density at radius 3 is 2.79 bits per heavy atom. The van der Waals surface area contributed by atoms with Gasteiger partial charge in [0, 0.05) is 17.9 Å². The zero-order valence-corrected chi connectivity index (χ0v) is 12.2. The quantitative estimate of drug-likeness (QED) is 0.786. The summed E-state index contributed by atoms with van der Waals surface area (Å²) in [6.07, 6.45) is 6.70. The molecule has 0 spiro atoms. The Balaban J connectivity index is 1.59. The maximum Gasteiger partial charge on any atom is 0.137 e. The minimum Gasteiger partial charge on any atom is -0.299 e. The van der Waals surface area contributed by atoms with Gasteiger partial charge in [-0.25, -0.2) is 0 Å². The molecule has 2 saturated carbocycles. The molecule has 102 valence electrons. The lowest BCUT2D eigenvalue weighted by Gasteiger charge is -2.20. The first kappa shape index (κ1) is 13.2. The first-order chi connectivity index (χ1) is 9.11. The number of rotatable bonds is 4. The van der Waals surface area contributed by atoms with Crippen molar-refractivity contribution in [3.63, 3.8) is 0 Å². The molecule has 0 saturated heterocycles. The van der Waals surface area contributed by atoms with Crippen molar-refractivity contribution in [2.24, 2.45) is 17.8 Å². The Bertz CT molecular complexity index is 494. The summed E-state index contributed by atoms with van der Waals surface area (Å²) < 4.78 is 0. The van der Waals surface area contributed by atoms with Crippen LogP contribution in [-0.2, 0) is 11.2 Å². The van der Waals surface area contributed by atoms with Gasteiger partial charge >= 0.3 is 0 Å². The molecule has 0 radical (unpaired) electrons. The van der Waals surface area contributed by atoms with Crippen molar-refractivity contribution in [3.05, 3.63) is 34.3 Å². The maximum atomic E-state index is 12.2. The van der Waals surface area contributed by atoms with Crippen LogP contribution >= 0.6 is 11.6 Å². The van der Waals surface area contributed by atoms with Gasteiger partial charge < -0.3 is 0 Å².